The number of halogens is 3. The van der Waals surface area contributed by atoms with Crippen LogP contribution in [-0.4, -0.2) is 19.1 Å². The molecule has 0 N–H and O–H groups in total. The van der Waals surface area contributed by atoms with Gasteiger partial charge in [-0.15, -0.1) is 11.3 Å². The lowest BCUT2D eigenvalue weighted by Crippen LogP contribution is -2.04. The van der Waals surface area contributed by atoms with E-state index in [-0.39, 0.29) is 4.70 Å². The van der Waals surface area contributed by atoms with E-state index in [4.69, 9.17) is 4.98 Å². The number of thiophene rings is 1. The van der Waals surface area contributed by atoms with Crippen molar-refractivity contribution >= 4 is 64.3 Å². The van der Waals surface area contributed by atoms with Crippen molar-refractivity contribution in [3.05, 3.63) is 157 Å². The number of hydrogen-bond donors (Lipinski definition) is 0. The molecule has 10 aromatic rings. The molecule has 4 aromatic heterocycles. The second kappa shape index (κ2) is 11.6. The van der Waals surface area contributed by atoms with E-state index in [9.17, 15) is 18.4 Å². The third-order valence-corrected chi connectivity index (χ3v) is 11.2. The molecule has 0 saturated heterocycles. The van der Waals surface area contributed by atoms with Gasteiger partial charge in [0.15, 0.2) is 0 Å². The number of para-hydroxylation sites is 2. The average Bonchev–Trinajstić information content (AvgIpc) is 3.89. The Kier molecular flexibility index (Phi) is 6.81. The topological polar surface area (TPSA) is 59.4 Å². The summed E-state index contributed by atoms with van der Waals surface area (Å²) in [5.41, 5.74) is 9.22. The van der Waals surface area contributed by atoms with Crippen molar-refractivity contribution < 1.29 is 13.2 Å². The predicted octanol–water partition coefficient (Wildman–Crippen LogP) is 12.1. The fraction of sp³-hybridized carbons (Fsp3) is 0.0227. The van der Waals surface area contributed by atoms with Crippen LogP contribution in [0.5, 0.6) is 0 Å². The molecule has 0 radical (unpaired) electrons. The normalized spacial score (nSPS) is 12.0. The van der Waals surface area contributed by atoms with Gasteiger partial charge >= 0.3 is 6.18 Å². The van der Waals surface area contributed by atoms with Crippen molar-refractivity contribution in [2.45, 2.75) is 6.18 Å². The molecule has 0 spiro atoms. The van der Waals surface area contributed by atoms with E-state index in [0.29, 0.717) is 10.9 Å². The maximum Gasteiger partial charge on any atom is 0.417 e. The van der Waals surface area contributed by atoms with Crippen molar-refractivity contribution in [1.82, 2.24) is 19.1 Å². The molecule has 252 valence electrons. The summed E-state index contributed by atoms with van der Waals surface area (Å²) in [6.45, 7) is 0. The van der Waals surface area contributed by atoms with Gasteiger partial charge in [0.2, 0.25) is 0 Å². The minimum Gasteiger partial charge on any atom is -0.308 e. The number of fused-ring (bicyclic) bond motifs is 7. The number of rotatable bonds is 4. The molecular formula is C44H24F3N5S. The predicted molar refractivity (Wildman–Crippen MR) is 207 cm³/mol. The molecule has 0 bridgehead atoms. The Hall–Kier alpha value is -6.76. The number of hydrogen-bond acceptors (Lipinski definition) is 4. The molecule has 0 unspecified atom stereocenters. The zero-order valence-electron chi connectivity index (χ0n) is 27.6. The lowest BCUT2D eigenvalue weighted by atomic mass is 10.0. The number of pyridine rings is 1. The summed E-state index contributed by atoms with van der Waals surface area (Å²) in [7, 11) is 0. The Morgan fingerprint density at radius 1 is 0.623 bits per heavy atom. The number of aromatic nitrogens is 4. The van der Waals surface area contributed by atoms with Crippen molar-refractivity contribution in [2.24, 2.45) is 0 Å². The fourth-order valence-electron chi connectivity index (χ4n) is 7.51. The maximum absolute atomic E-state index is 13.8. The van der Waals surface area contributed by atoms with Crippen molar-refractivity contribution in [3.8, 4) is 39.7 Å². The van der Waals surface area contributed by atoms with Gasteiger partial charge < -0.3 is 4.57 Å². The smallest absolute Gasteiger partial charge is 0.308 e. The third-order valence-electron chi connectivity index (χ3n) is 9.93. The quantitative estimate of drug-likeness (QED) is 0.183. The SMILES string of the molecule is N#Cc1ccc2c(c1)c1cc(-c3cccc4c3ncn4-c3ccccc3)ccc1n2-c1cncc(-c2ccc3sc4c(C(F)(F)F)cccc4c3c2)c1. The monoisotopic (exact) mass is 711 g/mol. The van der Waals surface area contributed by atoms with Gasteiger partial charge in [0.05, 0.1) is 51.1 Å². The molecule has 0 saturated carbocycles. The molecule has 9 heteroatoms. The highest BCUT2D eigenvalue weighted by Gasteiger charge is 2.33. The van der Waals surface area contributed by atoms with Crippen LogP contribution in [0.1, 0.15) is 11.1 Å². The highest BCUT2D eigenvalue weighted by molar-refractivity contribution is 7.26. The Labute approximate surface area is 304 Å². The minimum absolute atomic E-state index is 0.237. The van der Waals surface area contributed by atoms with Gasteiger partial charge in [-0.1, -0.05) is 54.6 Å². The number of nitrogens with zero attached hydrogens (tertiary/aromatic N) is 5. The van der Waals surface area contributed by atoms with E-state index < -0.39 is 11.7 Å². The summed E-state index contributed by atoms with van der Waals surface area (Å²) in [6.07, 6.45) is 0.998. The van der Waals surface area contributed by atoms with Crippen LogP contribution in [0.15, 0.2) is 146 Å². The van der Waals surface area contributed by atoms with Crippen LogP contribution in [0.4, 0.5) is 13.2 Å². The van der Waals surface area contributed by atoms with Crippen molar-refractivity contribution in [2.75, 3.05) is 0 Å². The molecule has 5 nitrogen and oxygen atoms in total. The van der Waals surface area contributed by atoms with Gasteiger partial charge in [-0.3, -0.25) is 9.55 Å². The zero-order chi connectivity index (χ0) is 35.8. The Morgan fingerprint density at radius 3 is 2.23 bits per heavy atom. The molecule has 0 amide bonds. The molecular weight excluding hydrogens is 688 g/mol. The molecule has 53 heavy (non-hydrogen) atoms. The van der Waals surface area contributed by atoms with Gasteiger partial charge in [0, 0.05) is 54.0 Å². The molecule has 0 aliphatic rings. The Morgan fingerprint density at radius 2 is 1.40 bits per heavy atom. The summed E-state index contributed by atoms with van der Waals surface area (Å²) in [5.74, 6) is 0. The number of benzene rings is 6. The van der Waals surface area contributed by atoms with Gasteiger partial charge in [-0.2, -0.15) is 18.4 Å². The lowest BCUT2D eigenvalue weighted by Gasteiger charge is -2.11. The molecule has 0 aliphatic heterocycles. The van der Waals surface area contributed by atoms with E-state index in [2.05, 4.69) is 62.7 Å². The first kappa shape index (κ1) is 31.0. The number of alkyl halides is 3. The summed E-state index contributed by atoms with van der Waals surface area (Å²) in [5, 5.41) is 13.1. The summed E-state index contributed by atoms with van der Waals surface area (Å²) in [6, 6.07) is 42.8. The zero-order valence-corrected chi connectivity index (χ0v) is 28.5. The van der Waals surface area contributed by atoms with E-state index >= 15 is 0 Å². The average molecular weight is 712 g/mol. The van der Waals surface area contributed by atoms with Crippen LogP contribution in [0.2, 0.25) is 0 Å². The number of imidazole rings is 1. The molecule has 0 atom stereocenters. The van der Waals surface area contributed by atoms with E-state index in [1.54, 1.807) is 18.5 Å². The fourth-order valence-corrected chi connectivity index (χ4v) is 8.73. The van der Waals surface area contributed by atoms with E-state index in [0.717, 1.165) is 94.0 Å². The first-order chi connectivity index (χ1) is 25.9. The Balaban J connectivity index is 1.12. The second-order valence-corrected chi connectivity index (χ2v) is 14.0. The van der Waals surface area contributed by atoms with Gasteiger partial charge in [0.1, 0.15) is 6.33 Å². The summed E-state index contributed by atoms with van der Waals surface area (Å²) in [4.78, 5) is 9.47. The first-order valence-electron chi connectivity index (χ1n) is 16.8. The summed E-state index contributed by atoms with van der Waals surface area (Å²) < 4.78 is 46.8. The molecule has 6 aromatic carbocycles. The van der Waals surface area contributed by atoms with Crippen LogP contribution in [-0.2, 0) is 6.18 Å². The number of nitriles is 1. The third kappa shape index (κ3) is 4.91. The molecule has 0 aliphatic carbocycles. The van der Waals surface area contributed by atoms with Gasteiger partial charge in [0.25, 0.3) is 0 Å². The molecule has 4 heterocycles. The maximum atomic E-state index is 13.8. The van der Waals surface area contributed by atoms with Gasteiger partial charge in [-0.25, -0.2) is 4.98 Å². The highest BCUT2D eigenvalue weighted by atomic mass is 32.1. The largest absolute Gasteiger partial charge is 0.417 e. The lowest BCUT2D eigenvalue weighted by molar-refractivity contribution is -0.136. The minimum atomic E-state index is -4.43. The van der Waals surface area contributed by atoms with Crippen molar-refractivity contribution in [1.29, 1.82) is 5.26 Å². The van der Waals surface area contributed by atoms with Gasteiger partial charge in [-0.05, 0) is 83.9 Å². The highest BCUT2D eigenvalue weighted by Crippen LogP contribution is 2.44. The van der Waals surface area contributed by atoms with Crippen molar-refractivity contribution in [3.63, 3.8) is 0 Å². The van der Waals surface area contributed by atoms with Crippen LogP contribution in [0, 0.1) is 11.3 Å². The van der Waals surface area contributed by atoms with E-state index in [1.807, 2.05) is 73.1 Å². The van der Waals surface area contributed by atoms with Crippen LogP contribution >= 0.6 is 11.3 Å². The second-order valence-electron chi connectivity index (χ2n) is 13.0. The molecule has 10 rings (SSSR count). The summed E-state index contributed by atoms with van der Waals surface area (Å²) >= 11 is 1.16. The molecule has 0 fully saturated rings. The standard InChI is InChI=1S/C44H24F3N5S/c45-44(46,47)37-10-4-9-33-36-20-27(14-17-41(36)53-43(33)37)29-19-31(24-49-23-29)52-38-15-12-26(22-48)18-34(38)35-21-28(13-16-39(35)52)32-8-5-11-40-42(32)50-25-51(40)30-6-2-1-3-7-30/h1-21,23-25H. The first-order valence-corrected chi connectivity index (χ1v) is 17.7. The Bertz CT molecular complexity index is 3130. The van der Waals surface area contributed by atoms with Crippen LogP contribution in [0.3, 0.4) is 0 Å². The van der Waals surface area contributed by atoms with Crippen LogP contribution < -0.4 is 0 Å². The van der Waals surface area contributed by atoms with Crippen LogP contribution in [0.25, 0.3) is 86.6 Å². The van der Waals surface area contributed by atoms with E-state index in [1.165, 1.54) is 6.07 Å².